The molecule has 0 radical (unpaired) electrons. The smallest absolute Gasteiger partial charge is 0.226 e. The van der Waals surface area contributed by atoms with Crippen molar-refractivity contribution in [2.24, 2.45) is 0 Å². The molecule has 0 saturated heterocycles. The average molecular weight is 619 g/mol. The Labute approximate surface area is 254 Å². The SMILES string of the molecule is Fc1ccc(-c2nc(CCl)co2)cc1.OC1CCCC(O)C1.OC1CCCC(OCc2coc(-c3ccc(F)cc3)n2)C1. The molecule has 2 saturated carbocycles. The van der Waals surface area contributed by atoms with Crippen molar-refractivity contribution in [1.82, 2.24) is 9.97 Å². The number of hydrogen-bond donors (Lipinski definition) is 3. The summed E-state index contributed by atoms with van der Waals surface area (Å²) in [6.07, 6.45) is 9.21. The predicted octanol–water partition coefficient (Wildman–Crippen LogP) is 6.80. The van der Waals surface area contributed by atoms with E-state index >= 15 is 0 Å². The minimum Gasteiger partial charge on any atom is -0.444 e. The van der Waals surface area contributed by atoms with Crippen LogP contribution in [-0.2, 0) is 17.2 Å². The maximum atomic E-state index is 12.9. The van der Waals surface area contributed by atoms with E-state index < -0.39 is 0 Å². The van der Waals surface area contributed by atoms with Crippen molar-refractivity contribution in [3.63, 3.8) is 0 Å². The van der Waals surface area contributed by atoms with E-state index in [0.29, 0.717) is 48.5 Å². The third-order valence-corrected chi connectivity index (χ3v) is 7.38. The van der Waals surface area contributed by atoms with E-state index in [9.17, 15) is 13.9 Å². The second kappa shape index (κ2) is 16.6. The van der Waals surface area contributed by atoms with Gasteiger partial charge in [0, 0.05) is 11.1 Å². The van der Waals surface area contributed by atoms with Crippen molar-refractivity contribution in [3.8, 4) is 22.9 Å². The molecule has 0 aliphatic heterocycles. The molecule has 0 bridgehead atoms. The van der Waals surface area contributed by atoms with Gasteiger partial charge in [0.25, 0.3) is 0 Å². The number of benzene rings is 2. The maximum absolute atomic E-state index is 12.9. The summed E-state index contributed by atoms with van der Waals surface area (Å²) < 4.78 is 41.8. The number of aromatic nitrogens is 2. The molecule has 2 aliphatic carbocycles. The molecule has 6 rings (SSSR count). The van der Waals surface area contributed by atoms with E-state index in [1.165, 1.54) is 30.5 Å². The molecule has 2 aliphatic rings. The lowest BCUT2D eigenvalue weighted by atomic mass is 9.95. The van der Waals surface area contributed by atoms with Gasteiger partial charge in [0.05, 0.1) is 42.6 Å². The molecule has 0 amide bonds. The van der Waals surface area contributed by atoms with Crippen LogP contribution in [0.1, 0.15) is 62.8 Å². The Bertz CT molecular complexity index is 1360. The van der Waals surface area contributed by atoms with Crippen LogP contribution in [0, 0.1) is 11.6 Å². The van der Waals surface area contributed by atoms with Gasteiger partial charge in [0.15, 0.2) is 0 Å². The lowest BCUT2D eigenvalue weighted by Gasteiger charge is -2.25. The highest BCUT2D eigenvalue weighted by Crippen LogP contribution is 2.24. The molecule has 43 heavy (non-hydrogen) atoms. The van der Waals surface area contributed by atoms with E-state index in [2.05, 4.69) is 9.97 Å². The molecular formula is C32H37ClF2N2O6. The summed E-state index contributed by atoms with van der Waals surface area (Å²) in [7, 11) is 0. The van der Waals surface area contributed by atoms with Gasteiger partial charge in [-0.3, -0.25) is 0 Å². The molecule has 2 fully saturated rings. The summed E-state index contributed by atoms with van der Waals surface area (Å²) in [4.78, 5) is 8.44. The van der Waals surface area contributed by atoms with Crippen molar-refractivity contribution in [2.45, 2.75) is 88.3 Å². The number of alkyl halides is 1. The molecule has 11 heteroatoms. The largest absolute Gasteiger partial charge is 0.444 e. The highest BCUT2D eigenvalue weighted by Gasteiger charge is 2.21. The Balaban J connectivity index is 0.000000165. The number of nitrogens with zero attached hydrogens (tertiary/aromatic N) is 2. The van der Waals surface area contributed by atoms with Gasteiger partial charge in [-0.15, -0.1) is 11.6 Å². The van der Waals surface area contributed by atoms with Crippen LogP contribution in [0.4, 0.5) is 8.78 Å². The van der Waals surface area contributed by atoms with Crippen LogP contribution in [0.3, 0.4) is 0 Å². The first-order chi connectivity index (χ1) is 20.8. The van der Waals surface area contributed by atoms with Gasteiger partial charge in [-0.2, -0.15) is 0 Å². The standard InChI is InChI=1S/C16H18FNO3.C10H7ClFNO.C6H12O2/c17-12-6-4-11(5-7-12)16-18-13(10-21-16)9-20-15-3-1-2-14(19)8-15;11-5-9-6-14-10(13-9)7-1-3-8(12)4-2-7;7-5-2-1-3-6(8)4-5/h4-7,10,14-15,19H,1-3,8-9H2;1-4,6H,5H2;5-8H,1-4H2. The second-order valence-electron chi connectivity index (χ2n) is 10.7. The van der Waals surface area contributed by atoms with Crippen LogP contribution in [0.15, 0.2) is 69.9 Å². The third-order valence-electron chi connectivity index (χ3n) is 7.11. The highest BCUT2D eigenvalue weighted by molar-refractivity contribution is 6.16. The summed E-state index contributed by atoms with van der Waals surface area (Å²) in [6.45, 7) is 0.363. The van der Waals surface area contributed by atoms with E-state index in [1.54, 1.807) is 30.5 Å². The summed E-state index contributed by atoms with van der Waals surface area (Å²) >= 11 is 5.57. The Kier molecular flexibility index (Phi) is 12.7. The van der Waals surface area contributed by atoms with Gasteiger partial charge in [-0.05, 0) is 99.9 Å². The van der Waals surface area contributed by atoms with Crippen LogP contribution >= 0.6 is 11.6 Å². The van der Waals surface area contributed by atoms with Gasteiger partial charge >= 0.3 is 0 Å². The minimum atomic E-state index is -0.287. The quantitative estimate of drug-likeness (QED) is 0.202. The van der Waals surface area contributed by atoms with E-state index in [4.69, 9.17) is 35.4 Å². The lowest BCUT2D eigenvalue weighted by Crippen LogP contribution is -2.25. The van der Waals surface area contributed by atoms with Crippen LogP contribution in [-0.4, -0.2) is 49.7 Å². The zero-order valence-corrected chi connectivity index (χ0v) is 24.5. The summed E-state index contributed by atoms with van der Waals surface area (Å²) in [5, 5.41) is 27.4. The van der Waals surface area contributed by atoms with E-state index in [0.717, 1.165) is 49.7 Å². The summed E-state index contributed by atoms with van der Waals surface area (Å²) in [5.74, 6) is 0.658. The molecule has 4 aromatic rings. The molecule has 0 spiro atoms. The van der Waals surface area contributed by atoms with Crippen molar-refractivity contribution in [1.29, 1.82) is 0 Å². The number of aliphatic hydroxyl groups is 3. The summed E-state index contributed by atoms with van der Waals surface area (Å²) in [6, 6.07) is 11.9. The lowest BCUT2D eigenvalue weighted by molar-refractivity contribution is -0.0239. The van der Waals surface area contributed by atoms with Crippen LogP contribution in [0.2, 0.25) is 0 Å². The first-order valence-electron chi connectivity index (χ1n) is 14.4. The Hall–Kier alpha value is -3.15. The number of halogens is 3. The number of hydrogen-bond acceptors (Lipinski definition) is 8. The molecular weight excluding hydrogens is 582 g/mol. The Morgan fingerprint density at radius 3 is 1.60 bits per heavy atom. The van der Waals surface area contributed by atoms with Crippen molar-refractivity contribution in [3.05, 3.63) is 84.1 Å². The molecule has 8 nitrogen and oxygen atoms in total. The zero-order valence-electron chi connectivity index (χ0n) is 23.7. The van der Waals surface area contributed by atoms with Crippen LogP contribution in [0.5, 0.6) is 0 Å². The van der Waals surface area contributed by atoms with Gasteiger partial charge in [-0.25, -0.2) is 18.7 Å². The molecule has 232 valence electrons. The van der Waals surface area contributed by atoms with Crippen LogP contribution < -0.4 is 0 Å². The highest BCUT2D eigenvalue weighted by atomic mass is 35.5. The number of oxazole rings is 2. The average Bonchev–Trinajstić information content (AvgIpc) is 3.68. The minimum absolute atomic E-state index is 0.0831. The zero-order chi connectivity index (χ0) is 30.6. The fourth-order valence-corrected chi connectivity index (χ4v) is 4.93. The predicted molar refractivity (Wildman–Crippen MR) is 157 cm³/mol. The first-order valence-corrected chi connectivity index (χ1v) is 14.9. The van der Waals surface area contributed by atoms with Gasteiger partial charge in [0.2, 0.25) is 11.8 Å². The van der Waals surface area contributed by atoms with Crippen molar-refractivity contribution >= 4 is 11.6 Å². The monoisotopic (exact) mass is 618 g/mol. The van der Waals surface area contributed by atoms with Gasteiger partial charge < -0.3 is 28.9 Å². The number of aliphatic hydroxyl groups excluding tert-OH is 3. The first kappa shape index (κ1) is 32.8. The fraction of sp³-hybridized carbons (Fsp3) is 0.438. The van der Waals surface area contributed by atoms with Gasteiger partial charge in [-0.1, -0.05) is 0 Å². The Morgan fingerprint density at radius 2 is 1.16 bits per heavy atom. The normalized spacial score (nSPS) is 21.7. The fourth-order valence-electron chi connectivity index (χ4n) is 4.81. The third kappa shape index (κ3) is 10.8. The molecule has 4 unspecified atom stereocenters. The van der Waals surface area contributed by atoms with E-state index in [1.807, 2.05) is 0 Å². The molecule has 4 atom stereocenters. The number of ether oxygens (including phenoxy) is 1. The molecule has 2 aromatic carbocycles. The summed E-state index contributed by atoms with van der Waals surface area (Å²) in [5.41, 5.74) is 2.85. The second-order valence-corrected chi connectivity index (χ2v) is 10.9. The van der Waals surface area contributed by atoms with Crippen molar-refractivity contribution in [2.75, 3.05) is 0 Å². The topological polar surface area (TPSA) is 122 Å². The Morgan fingerprint density at radius 1 is 0.698 bits per heavy atom. The van der Waals surface area contributed by atoms with E-state index in [-0.39, 0.29) is 36.1 Å². The number of rotatable bonds is 6. The van der Waals surface area contributed by atoms with Crippen LogP contribution in [0.25, 0.3) is 22.9 Å². The maximum Gasteiger partial charge on any atom is 0.226 e. The molecule has 2 heterocycles. The molecule has 2 aromatic heterocycles. The molecule has 3 N–H and O–H groups in total. The van der Waals surface area contributed by atoms with Gasteiger partial charge in [0.1, 0.15) is 29.9 Å². The van der Waals surface area contributed by atoms with Crippen molar-refractivity contribution < 1.29 is 37.7 Å².